The molecule has 20 heavy (non-hydrogen) atoms. The van der Waals surface area contributed by atoms with E-state index in [4.69, 9.17) is 15.6 Å². The van der Waals surface area contributed by atoms with Gasteiger partial charge in [-0.05, 0) is 12.8 Å². The lowest BCUT2D eigenvalue weighted by Gasteiger charge is -2.17. The molecule has 0 aliphatic heterocycles. The molecule has 0 fully saturated rings. The molecule has 11 heteroatoms. The number of rotatable bonds is 8. The highest BCUT2D eigenvalue weighted by atomic mass is 32.2. The Morgan fingerprint density at radius 2 is 1.70 bits per heavy atom. The average Bonchev–Trinajstić information content (AvgIpc) is 2.23. The summed E-state index contributed by atoms with van der Waals surface area (Å²) >= 11 is 0. The number of primary amides is 1. The molecule has 2 unspecified atom stereocenters. The summed E-state index contributed by atoms with van der Waals surface area (Å²) in [5, 5.41) is 8.49. The van der Waals surface area contributed by atoms with Crippen molar-refractivity contribution in [2.45, 2.75) is 25.1 Å². The summed E-state index contributed by atoms with van der Waals surface area (Å²) in [6, 6.07) is -1.34. The molecule has 0 saturated heterocycles. The van der Waals surface area contributed by atoms with Crippen LogP contribution in [-0.4, -0.2) is 44.9 Å². The zero-order valence-electron chi connectivity index (χ0n) is 10.4. The Morgan fingerprint density at radius 3 is 2.05 bits per heavy atom. The summed E-state index contributed by atoms with van der Waals surface area (Å²) < 4.78 is 56.3. The Morgan fingerprint density at radius 1 is 1.25 bits per heavy atom. The standard InChI is InChI=1S/C9H16F3N3O4S/c10-9(11,12)5(7(14)16)1-3-20(15,19)4-2-6(13)8(17)18/h5-6,15H,1-4,13H2,(H2,14,16)(H,17,18)/t5?,6-,20?/m0/s1. The fourth-order valence-corrected chi connectivity index (χ4v) is 2.77. The molecule has 7 nitrogen and oxygen atoms in total. The van der Waals surface area contributed by atoms with Gasteiger partial charge in [0.15, 0.2) is 0 Å². The van der Waals surface area contributed by atoms with Gasteiger partial charge in [-0.15, -0.1) is 0 Å². The molecule has 0 aromatic rings. The summed E-state index contributed by atoms with van der Waals surface area (Å²) in [6.45, 7) is 0. The van der Waals surface area contributed by atoms with Crippen molar-refractivity contribution in [1.82, 2.24) is 0 Å². The smallest absolute Gasteiger partial charge is 0.400 e. The quantitative estimate of drug-likeness (QED) is 0.492. The van der Waals surface area contributed by atoms with E-state index in [-0.39, 0.29) is 6.42 Å². The molecule has 118 valence electrons. The van der Waals surface area contributed by atoms with Gasteiger partial charge in [0, 0.05) is 21.2 Å². The average molecular weight is 319 g/mol. The van der Waals surface area contributed by atoms with Crippen LogP contribution in [0.1, 0.15) is 12.8 Å². The van der Waals surface area contributed by atoms with Gasteiger partial charge in [-0.25, -0.2) is 4.21 Å². The number of aliphatic carboxylic acids is 1. The molecule has 0 spiro atoms. The lowest BCUT2D eigenvalue weighted by molar-refractivity contribution is -0.181. The molecule has 0 aromatic heterocycles. The second-order valence-electron chi connectivity index (χ2n) is 4.24. The number of carboxylic acid groups (broad SMARTS) is 1. The van der Waals surface area contributed by atoms with Crippen LogP contribution in [-0.2, 0) is 19.3 Å². The van der Waals surface area contributed by atoms with Gasteiger partial charge in [-0.2, -0.15) is 13.2 Å². The lowest BCUT2D eigenvalue weighted by atomic mass is 10.1. The highest BCUT2D eigenvalue weighted by Gasteiger charge is 2.43. The Labute approximate surface area is 113 Å². The van der Waals surface area contributed by atoms with Crippen molar-refractivity contribution in [2.24, 2.45) is 17.4 Å². The fourth-order valence-electron chi connectivity index (χ4n) is 1.32. The first-order valence-electron chi connectivity index (χ1n) is 5.45. The van der Waals surface area contributed by atoms with E-state index in [1.807, 2.05) is 0 Å². The maximum Gasteiger partial charge on any atom is 0.400 e. The Balaban J connectivity index is 4.55. The van der Waals surface area contributed by atoms with Crippen molar-refractivity contribution in [2.75, 3.05) is 11.5 Å². The van der Waals surface area contributed by atoms with E-state index in [2.05, 4.69) is 5.73 Å². The summed E-state index contributed by atoms with van der Waals surface area (Å²) in [7, 11) is -3.45. The molecule has 6 N–H and O–H groups in total. The number of amides is 1. The van der Waals surface area contributed by atoms with Crippen molar-refractivity contribution in [3.05, 3.63) is 0 Å². The van der Waals surface area contributed by atoms with Crippen LogP contribution >= 0.6 is 0 Å². The van der Waals surface area contributed by atoms with Crippen LogP contribution in [0.25, 0.3) is 0 Å². The van der Waals surface area contributed by atoms with Gasteiger partial charge in [-0.1, -0.05) is 0 Å². The van der Waals surface area contributed by atoms with Gasteiger partial charge in [0.1, 0.15) is 12.0 Å². The number of hydrogen-bond acceptors (Lipinski definition) is 5. The Kier molecular flexibility index (Phi) is 6.41. The van der Waals surface area contributed by atoms with E-state index < -0.39 is 57.7 Å². The SMILES string of the molecule is N=S(=O)(CCC(C(N)=O)C(F)(F)F)CC[C@H](N)C(=O)O. The summed E-state index contributed by atoms with van der Waals surface area (Å²) in [5.74, 6) is -6.58. The third-order valence-corrected chi connectivity index (χ3v) is 4.34. The normalized spacial score (nSPS) is 18.0. The molecular weight excluding hydrogens is 303 g/mol. The van der Waals surface area contributed by atoms with E-state index in [9.17, 15) is 27.0 Å². The van der Waals surface area contributed by atoms with E-state index in [0.29, 0.717) is 0 Å². The Bertz CT molecular complexity index is 464. The molecule has 0 aliphatic carbocycles. The van der Waals surface area contributed by atoms with Crippen molar-refractivity contribution in [1.29, 1.82) is 4.78 Å². The molecule has 0 saturated carbocycles. The summed E-state index contributed by atoms with van der Waals surface area (Å²) in [6.07, 6.45) is -6.03. The highest BCUT2D eigenvalue weighted by Crippen LogP contribution is 2.29. The molecular formula is C9H16F3N3O4S. The monoisotopic (exact) mass is 319 g/mol. The van der Waals surface area contributed by atoms with Crippen molar-refractivity contribution >= 4 is 21.6 Å². The van der Waals surface area contributed by atoms with E-state index >= 15 is 0 Å². The lowest BCUT2D eigenvalue weighted by Crippen LogP contribution is -2.37. The number of carbonyl (C=O) groups excluding carboxylic acids is 1. The molecule has 0 bridgehead atoms. The molecule has 0 radical (unpaired) electrons. The van der Waals surface area contributed by atoms with Gasteiger partial charge in [-0.3, -0.25) is 14.4 Å². The summed E-state index contributed by atoms with van der Waals surface area (Å²) in [5.41, 5.74) is 9.74. The van der Waals surface area contributed by atoms with Crippen LogP contribution in [0.15, 0.2) is 0 Å². The van der Waals surface area contributed by atoms with Crippen LogP contribution in [0.4, 0.5) is 13.2 Å². The zero-order valence-corrected chi connectivity index (χ0v) is 11.2. The minimum Gasteiger partial charge on any atom is -0.480 e. The molecule has 0 aliphatic rings. The third-order valence-electron chi connectivity index (χ3n) is 2.55. The minimum absolute atomic E-state index is 0.301. The molecule has 0 heterocycles. The molecule has 1 amide bonds. The maximum absolute atomic E-state index is 12.4. The van der Waals surface area contributed by atoms with Gasteiger partial charge in [0.2, 0.25) is 5.91 Å². The van der Waals surface area contributed by atoms with Crippen LogP contribution in [0, 0.1) is 10.7 Å². The number of hydrogen-bond donors (Lipinski definition) is 4. The molecule has 0 aromatic carbocycles. The first kappa shape index (κ1) is 18.6. The van der Waals surface area contributed by atoms with Crippen LogP contribution in [0.3, 0.4) is 0 Å². The van der Waals surface area contributed by atoms with Crippen molar-refractivity contribution < 1.29 is 32.1 Å². The van der Waals surface area contributed by atoms with E-state index in [0.717, 1.165) is 0 Å². The molecule has 3 atom stereocenters. The zero-order chi connectivity index (χ0) is 16.1. The number of carbonyl (C=O) groups is 2. The minimum atomic E-state index is -4.86. The second-order valence-corrected chi connectivity index (χ2v) is 6.68. The number of nitrogens with one attached hydrogen (secondary N) is 1. The first-order valence-corrected chi connectivity index (χ1v) is 7.35. The highest BCUT2D eigenvalue weighted by molar-refractivity contribution is 7.92. The third kappa shape index (κ3) is 6.70. The number of carboxylic acids is 1. The summed E-state index contributed by atoms with van der Waals surface area (Å²) in [4.78, 5) is 21.1. The van der Waals surface area contributed by atoms with Gasteiger partial charge < -0.3 is 16.6 Å². The number of alkyl halides is 3. The van der Waals surface area contributed by atoms with E-state index in [1.165, 1.54) is 0 Å². The predicted octanol–water partition coefficient (Wildman–Crippen LogP) is -0.111. The maximum atomic E-state index is 12.4. The van der Waals surface area contributed by atoms with Crippen LogP contribution < -0.4 is 11.5 Å². The van der Waals surface area contributed by atoms with Crippen LogP contribution in [0.5, 0.6) is 0 Å². The predicted molar refractivity (Wildman–Crippen MR) is 64.2 cm³/mol. The van der Waals surface area contributed by atoms with Gasteiger partial charge >= 0.3 is 12.1 Å². The number of halogens is 3. The van der Waals surface area contributed by atoms with Gasteiger partial charge in [0.25, 0.3) is 0 Å². The van der Waals surface area contributed by atoms with Gasteiger partial charge in [0.05, 0.1) is 0 Å². The molecule has 0 rings (SSSR count). The Hall–Kier alpha value is -1.36. The van der Waals surface area contributed by atoms with E-state index in [1.54, 1.807) is 0 Å². The largest absolute Gasteiger partial charge is 0.480 e. The van der Waals surface area contributed by atoms with Crippen LogP contribution in [0.2, 0.25) is 0 Å². The second kappa shape index (κ2) is 6.88. The first-order chi connectivity index (χ1) is 8.87. The number of nitrogens with two attached hydrogens (primary N) is 2. The van der Waals surface area contributed by atoms with Crippen molar-refractivity contribution in [3.8, 4) is 0 Å². The fraction of sp³-hybridized carbons (Fsp3) is 0.778. The topological polar surface area (TPSA) is 147 Å². The van der Waals surface area contributed by atoms with Crippen molar-refractivity contribution in [3.63, 3.8) is 0 Å².